The van der Waals surface area contributed by atoms with Crippen molar-refractivity contribution in [2.75, 3.05) is 46.0 Å². The van der Waals surface area contributed by atoms with Crippen LogP contribution in [0.4, 0.5) is 0 Å². The molecule has 8 heteroatoms. The summed E-state index contributed by atoms with van der Waals surface area (Å²) >= 11 is 5.97. The lowest BCUT2D eigenvalue weighted by molar-refractivity contribution is -0.907. The molecule has 0 radical (unpaired) electrons. The van der Waals surface area contributed by atoms with E-state index in [0.717, 1.165) is 19.5 Å². The van der Waals surface area contributed by atoms with Gasteiger partial charge in [-0.1, -0.05) is 48.5 Å². The van der Waals surface area contributed by atoms with Crippen LogP contribution in [0.2, 0.25) is 5.02 Å². The number of hydrogen-bond donors (Lipinski definition) is 1. The van der Waals surface area contributed by atoms with Gasteiger partial charge in [0.1, 0.15) is 18.8 Å². The molecule has 2 aromatic carbocycles. The summed E-state index contributed by atoms with van der Waals surface area (Å²) < 4.78 is 11.1. The van der Waals surface area contributed by atoms with Gasteiger partial charge in [0, 0.05) is 10.6 Å². The Hall–Kier alpha value is -2.87. The minimum absolute atomic E-state index is 0.0217. The number of carbonyl (C=O) groups excluding carboxylic acids is 2. The molecule has 2 saturated heterocycles. The highest BCUT2D eigenvalue weighted by atomic mass is 35.5. The molecule has 0 aliphatic carbocycles. The lowest BCUT2D eigenvalue weighted by atomic mass is 9.95. The van der Waals surface area contributed by atoms with E-state index < -0.39 is 23.5 Å². The number of carbonyl (C=O) groups is 2. The van der Waals surface area contributed by atoms with Crippen LogP contribution in [0, 0.1) is 0 Å². The van der Waals surface area contributed by atoms with Crippen LogP contribution >= 0.6 is 11.6 Å². The number of morpholine rings is 1. The molecule has 34 heavy (non-hydrogen) atoms. The molecule has 1 unspecified atom stereocenters. The average molecular weight is 485 g/mol. The van der Waals surface area contributed by atoms with Crippen LogP contribution in [0.15, 0.2) is 54.1 Å². The van der Waals surface area contributed by atoms with E-state index in [1.54, 1.807) is 24.3 Å². The number of nitrogens with zero attached hydrogens (tertiary/aromatic N) is 1. The van der Waals surface area contributed by atoms with Crippen molar-refractivity contribution in [2.24, 2.45) is 0 Å². The molecular weight excluding hydrogens is 456 g/mol. The molecule has 0 spiro atoms. The van der Waals surface area contributed by atoms with Gasteiger partial charge in [0.25, 0.3) is 5.91 Å². The number of benzene rings is 2. The number of nitrogens with one attached hydrogen (secondary N) is 1. The van der Waals surface area contributed by atoms with Crippen molar-refractivity contribution in [3.63, 3.8) is 0 Å². The molecule has 2 aliphatic heterocycles. The zero-order chi connectivity index (χ0) is 24.1. The molecular formula is C26H29ClN2O5. The quantitative estimate of drug-likeness (QED) is 0.346. The average Bonchev–Trinajstić information content (AvgIpc) is 3.12. The highest BCUT2D eigenvalue weighted by molar-refractivity contribution is 6.46. The molecule has 1 atom stereocenters. The van der Waals surface area contributed by atoms with Gasteiger partial charge in [-0.2, -0.15) is 0 Å². The second-order valence-corrected chi connectivity index (χ2v) is 8.95. The Bertz CT molecular complexity index is 1050. The van der Waals surface area contributed by atoms with Crippen molar-refractivity contribution < 1.29 is 29.1 Å². The summed E-state index contributed by atoms with van der Waals surface area (Å²) in [5.41, 5.74) is 1.01. The molecule has 2 aromatic rings. The minimum atomic E-state index is -0.746. The van der Waals surface area contributed by atoms with Crippen LogP contribution in [-0.2, 0) is 14.3 Å². The number of ether oxygens (including phenoxy) is 2. The number of hydrogen-bond acceptors (Lipinski definition) is 5. The summed E-state index contributed by atoms with van der Waals surface area (Å²) in [6.45, 7) is 6.74. The maximum atomic E-state index is 13.4. The van der Waals surface area contributed by atoms with Crippen molar-refractivity contribution in [2.45, 2.75) is 19.4 Å². The molecule has 2 aliphatic rings. The van der Waals surface area contributed by atoms with Crippen molar-refractivity contribution in [1.82, 2.24) is 4.90 Å². The van der Waals surface area contributed by atoms with Crippen LogP contribution < -0.4 is 14.7 Å². The molecule has 0 bridgehead atoms. The molecule has 2 heterocycles. The molecule has 1 N–H and O–H groups in total. The van der Waals surface area contributed by atoms with Gasteiger partial charge in [-0.05, 0) is 41.8 Å². The third kappa shape index (κ3) is 5.27. The number of quaternary nitrogens is 1. The Morgan fingerprint density at radius 3 is 2.44 bits per heavy atom. The van der Waals surface area contributed by atoms with Gasteiger partial charge < -0.3 is 24.4 Å². The van der Waals surface area contributed by atoms with E-state index in [2.05, 4.69) is 0 Å². The summed E-state index contributed by atoms with van der Waals surface area (Å²) in [6.07, 6.45) is 0.887. The van der Waals surface area contributed by atoms with Gasteiger partial charge in [0.15, 0.2) is 0 Å². The Kier molecular flexibility index (Phi) is 7.88. The van der Waals surface area contributed by atoms with Crippen LogP contribution in [-0.4, -0.2) is 62.6 Å². The Morgan fingerprint density at radius 2 is 1.79 bits per heavy atom. The number of likely N-dealkylation sites (tertiary alicyclic amines) is 1. The summed E-state index contributed by atoms with van der Waals surface area (Å²) in [5, 5.41) is 13.9. The molecule has 2 fully saturated rings. The highest BCUT2D eigenvalue weighted by Crippen LogP contribution is 2.39. The third-order valence-corrected chi connectivity index (χ3v) is 6.46. The first-order valence-corrected chi connectivity index (χ1v) is 12.0. The SMILES string of the molecule is CCCOc1ccc(C2C(=C([O-])c3ccc(Cl)cc3)C(=O)C(=O)N2CC[NH+]2CCOCC2)cc1. The van der Waals surface area contributed by atoms with Gasteiger partial charge >= 0.3 is 0 Å². The van der Waals surface area contributed by atoms with Crippen molar-refractivity contribution in [3.05, 3.63) is 70.3 Å². The number of amides is 1. The van der Waals surface area contributed by atoms with Gasteiger partial charge in [0.2, 0.25) is 5.78 Å². The first-order valence-electron chi connectivity index (χ1n) is 11.7. The molecule has 4 rings (SSSR count). The monoisotopic (exact) mass is 484 g/mol. The zero-order valence-corrected chi connectivity index (χ0v) is 20.0. The first-order chi connectivity index (χ1) is 16.5. The number of ketones is 1. The summed E-state index contributed by atoms with van der Waals surface area (Å²) in [7, 11) is 0. The molecule has 1 amide bonds. The maximum Gasteiger partial charge on any atom is 0.295 e. The van der Waals surface area contributed by atoms with E-state index in [1.807, 2.05) is 31.2 Å². The number of rotatable bonds is 8. The van der Waals surface area contributed by atoms with Crippen LogP contribution in [0.25, 0.3) is 5.76 Å². The van der Waals surface area contributed by atoms with E-state index in [-0.39, 0.29) is 5.57 Å². The largest absolute Gasteiger partial charge is 0.872 e. The second-order valence-electron chi connectivity index (χ2n) is 8.51. The van der Waals surface area contributed by atoms with Crippen LogP contribution in [0.5, 0.6) is 5.75 Å². The van der Waals surface area contributed by atoms with Gasteiger partial charge in [-0.3, -0.25) is 9.59 Å². The van der Waals surface area contributed by atoms with Gasteiger partial charge in [-0.15, -0.1) is 0 Å². The summed E-state index contributed by atoms with van der Waals surface area (Å²) in [5.74, 6) is -1.13. The van der Waals surface area contributed by atoms with E-state index >= 15 is 0 Å². The smallest absolute Gasteiger partial charge is 0.295 e. The standard InChI is InChI=1S/C26H29ClN2O5/c1-2-15-34-21-9-5-18(6-10-21)23-22(24(30)19-3-7-20(27)8-4-19)25(31)26(32)29(23)12-11-28-13-16-33-17-14-28/h3-10,23,30H,2,11-17H2,1H3. The van der Waals surface area contributed by atoms with Crippen LogP contribution in [0.1, 0.15) is 30.5 Å². The van der Waals surface area contributed by atoms with Crippen LogP contribution in [0.3, 0.4) is 0 Å². The number of halogens is 1. The fourth-order valence-electron chi connectivity index (χ4n) is 4.36. The topological polar surface area (TPSA) is 83.3 Å². The highest BCUT2D eigenvalue weighted by Gasteiger charge is 2.44. The minimum Gasteiger partial charge on any atom is -0.872 e. The Balaban J connectivity index is 1.69. The van der Waals surface area contributed by atoms with E-state index in [0.29, 0.717) is 54.8 Å². The molecule has 180 valence electrons. The zero-order valence-electron chi connectivity index (χ0n) is 19.2. The molecule has 0 saturated carbocycles. The fourth-order valence-corrected chi connectivity index (χ4v) is 4.49. The molecule has 7 nitrogen and oxygen atoms in total. The molecule has 0 aromatic heterocycles. The predicted molar refractivity (Wildman–Crippen MR) is 126 cm³/mol. The fraction of sp³-hybridized carbons (Fsp3) is 0.385. The normalized spacial score (nSPS) is 20.6. The summed E-state index contributed by atoms with van der Waals surface area (Å²) in [6, 6.07) is 12.9. The third-order valence-electron chi connectivity index (χ3n) is 6.21. The van der Waals surface area contributed by atoms with Gasteiger partial charge in [0.05, 0.1) is 39.0 Å². The maximum absolute atomic E-state index is 13.4. The van der Waals surface area contributed by atoms with Crippen molar-refractivity contribution >= 4 is 29.1 Å². The van der Waals surface area contributed by atoms with Gasteiger partial charge in [-0.25, -0.2) is 0 Å². The lowest BCUT2D eigenvalue weighted by Crippen LogP contribution is -3.14. The van der Waals surface area contributed by atoms with Crippen molar-refractivity contribution in [3.8, 4) is 5.75 Å². The summed E-state index contributed by atoms with van der Waals surface area (Å²) in [4.78, 5) is 29.1. The second kappa shape index (κ2) is 11.0. The Morgan fingerprint density at radius 1 is 1.12 bits per heavy atom. The lowest BCUT2D eigenvalue weighted by Gasteiger charge is -2.30. The Labute approximate surface area is 204 Å². The van der Waals surface area contributed by atoms with Crippen molar-refractivity contribution in [1.29, 1.82) is 0 Å². The van der Waals surface area contributed by atoms with E-state index in [1.165, 1.54) is 9.80 Å². The number of Topliss-reactive ketones (excluding diaryl/α,β-unsaturated/α-hetero) is 1. The van der Waals surface area contributed by atoms with E-state index in [9.17, 15) is 14.7 Å². The predicted octanol–water partition coefficient (Wildman–Crippen LogP) is 1.27. The van der Waals surface area contributed by atoms with E-state index in [4.69, 9.17) is 21.1 Å². The first kappa shape index (κ1) is 24.3.